The van der Waals surface area contributed by atoms with E-state index in [4.69, 9.17) is 5.73 Å². The maximum atomic E-state index is 12.4. The molecule has 1 aromatic rings. The van der Waals surface area contributed by atoms with E-state index < -0.39 is 11.6 Å². The summed E-state index contributed by atoms with van der Waals surface area (Å²) >= 11 is 0. The van der Waals surface area contributed by atoms with Crippen LogP contribution in [0.1, 0.15) is 19.5 Å². The molecule has 0 aliphatic rings. The Balaban J connectivity index is 2.78. The van der Waals surface area contributed by atoms with Crippen molar-refractivity contribution in [3.63, 3.8) is 0 Å². The minimum absolute atomic E-state index is 0.0259. The number of hydrogen-bond acceptors (Lipinski definition) is 3. The summed E-state index contributed by atoms with van der Waals surface area (Å²) in [5.41, 5.74) is 3.59. The van der Waals surface area contributed by atoms with Crippen LogP contribution in [-0.4, -0.2) is 11.3 Å². The van der Waals surface area contributed by atoms with Crippen LogP contribution in [0, 0.1) is 5.41 Å². The molecule has 0 saturated heterocycles. The largest absolute Gasteiger partial charge is 0.394 e. The molecule has 2 N–H and O–H groups in total. The third kappa shape index (κ3) is 2.18. The Kier molecular flexibility index (Phi) is 2.47. The normalized spacial score (nSPS) is 13.2. The second-order valence-corrected chi connectivity index (χ2v) is 3.78. The average molecular weight is 208 g/mol. The number of anilines is 1. The Morgan fingerprint density at radius 3 is 2.36 bits per heavy atom. The van der Waals surface area contributed by atoms with Gasteiger partial charge in [0.1, 0.15) is 0 Å². The lowest BCUT2D eigenvalue weighted by Crippen LogP contribution is -2.34. The van der Waals surface area contributed by atoms with Crippen LogP contribution in [0.4, 0.5) is 19.1 Å². The van der Waals surface area contributed by atoms with Gasteiger partial charge in [-0.15, -0.1) is 0 Å². The molecule has 0 radical (unpaired) electrons. The number of nitrogens with two attached hydrogens (primary N) is 1. The van der Waals surface area contributed by atoms with Crippen LogP contribution >= 0.6 is 0 Å². The first-order valence-electron chi connectivity index (χ1n) is 4.00. The molecule has 3 nitrogen and oxygen atoms in total. The second-order valence-electron chi connectivity index (χ2n) is 3.78. The molecule has 0 fully saturated rings. The van der Waals surface area contributed by atoms with E-state index in [0.717, 1.165) is 13.8 Å². The van der Waals surface area contributed by atoms with Gasteiger partial charge in [-0.05, 0) is 0 Å². The Hall–Kier alpha value is -1.20. The van der Waals surface area contributed by atoms with Crippen molar-refractivity contribution < 1.29 is 17.7 Å². The van der Waals surface area contributed by atoms with Crippen molar-refractivity contribution >= 4 is 5.88 Å². The van der Waals surface area contributed by atoms with Gasteiger partial charge >= 0.3 is 6.18 Å². The highest BCUT2D eigenvalue weighted by Gasteiger charge is 2.47. The molecule has 80 valence electrons. The molecule has 1 rings (SSSR count). The number of aromatic nitrogens is 1. The molecule has 0 amide bonds. The topological polar surface area (TPSA) is 52.0 Å². The monoisotopic (exact) mass is 208 g/mol. The highest BCUT2D eigenvalue weighted by molar-refractivity contribution is 5.24. The highest BCUT2D eigenvalue weighted by Crippen LogP contribution is 2.39. The summed E-state index contributed by atoms with van der Waals surface area (Å²) in [4.78, 5) is 0. The first-order chi connectivity index (χ1) is 6.22. The van der Waals surface area contributed by atoms with Crippen molar-refractivity contribution in [1.29, 1.82) is 0 Å². The quantitative estimate of drug-likeness (QED) is 0.811. The van der Waals surface area contributed by atoms with Crippen molar-refractivity contribution in [2.75, 3.05) is 5.73 Å². The summed E-state index contributed by atoms with van der Waals surface area (Å²) in [5.74, 6) is 0.0259. The van der Waals surface area contributed by atoms with Crippen molar-refractivity contribution in [3.05, 3.63) is 11.8 Å². The predicted molar refractivity (Wildman–Crippen MR) is 44.5 cm³/mol. The molecule has 0 spiro atoms. The predicted octanol–water partition coefficient (Wildman–Crippen LogP) is 2.39. The van der Waals surface area contributed by atoms with E-state index in [2.05, 4.69) is 9.68 Å². The van der Waals surface area contributed by atoms with E-state index in [0.29, 0.717) is 0 Å². The van der Waals surface area contributed by atoms with E-state index in [1.807, 2.05) is 0 Å². The molecule has 1 aromatic heterocycles. The zero-order valence-corrected chi connectivity index (χ0v) is 7.85. The number of nitrogen functional groups attached to an aromatic ring is 1. The van der Waals surface area contributed by atoms with Crippen LogP contribution in [0.15, 0.2) is 10.6 Å². The minimum atomic E-state index is -4.26. The van der Waals surface area contributed by atoms with Gasteiger partial charge in [-0.3, -0.25) is 0 Å². The van der Waals surface area contributed by atoms with Gasteiger partial charge in [-0.2, -0.15) is 13.2 Å². The summed E-state index contributed by atoms with van der Waals surface area (Å²) in [6.45, 7) is 2.22. The van der Waals surface area contributed by atoms with Crippen LogP contribution < -0.4 is 5.73 Å². The molecule has 0 atom stereocenters. The van der Waals surface area contributed by atoms with Crippen LogP contribution in [0.3, 0.4) is 0 Å². The molecule has 0 unspecified atom stereocenters. The average Bonchev–Trinajstić information content (AvgIpc) is 2.31. The van der Waals surface area contributed by atoms with Gasteiger partial charge in [0, 0.05) is 12.5 Å². The fraction of sp³-hybridized carbons (Fsp3) is 0.625. The van der Waals surface area contributed by atoms with Gasteiger partial charge in [0.15, 0.2) is 0 Å². The van der Waals surface area contributed by atoms with Gasteiger partial charge in [-0.25, -0.2) is 0 Å². The van der Waals surface area contributed by atoms with Gasteiger partial charge in [0.05, 0.1) is 11.1 Å². The third-order valence-corrected chi connectivity index (χ3v) is 1.97. The Morgan fingerprint density at radius 2 is 2.00 bits per heavy atom. The summed E-state index contributed by atoms with van der Waals surface area (Å²) in [7, 11) is 0. The summed E-state index contributed by atoms with van der Waals surface area (Å²) < 4.78 is 41.8. The number of rotatable bonds is 2. The van der Waals surface area contributed by atoms with E-state index >= 15 is 0 Å². The maximum absolute atomic E-state index is 12.4. The zero-order valence-electron chi connectivity index (χ0n) is 7.85. The Bertz CT molecular complexity index is 317. The van der Waals surface area contributed by atoms with Crippen LogP contribution in [-0.2, 0) is 6.42 Å². The van der Waals surface area contributed by atoms with Gasteiger partial charge in [-0.1, -0.05) is 19.0 Å². The standard InChI is InChI=1S/C8H11F3N2O/c1-7(2,8(9,10)11)4-5-3-6(12)14-13-5/h3H,4,12H2,1-2H3. The SMILES string of the molecule is CC(C)(Cc1cc(N)on1)C(F)(F)F. The lowest BCUT2D eigenvalue weighted by atomic mass is 9.87. The lowest BCUT2D eigenvalue weighted by molar-refractivity contribution is -0.211. The molecule has 0 aromatic carbocycles. The van der Waals surface area contributed by atoms with Gasteiger partial charge in [0.25, 0.3) is 0 Å². The van der Waals surface area contributed by atoms with E-state index in [1.54, 1.807) is 0 Å². The number of nitrogens with zero attached hydrogens (tertiary/aromatic N) is 1. The van der Waals surface area contributed by atoms with Crippen molar-refractivity contribution in [2.24, 2.45) is 5.41 Å². The maximum Gasteiger partial charge on any atom is 0.394 e. The van der Waals surface area contributed by atoms with E-state index in [-0.39, 0.29) is 18.0 Å². The first-order valence-corrected chi connectivity index (χ1v) is 4.00. The van der Waals surface area contributed by atoms with Crippen molar-refractivity contribution in [2.45, 2.75) is 26.4 Å². The Labute approximate surface area is 79.1 Å². The summed E-state index contributed by atoms with van der Waals surface area (Å²) in [6.07, 6.45) is -4.50. The minimum Gasteiger partial charge on any atom is -0.368 e. The number of alkyl halides is 3. The molecule has 1 heterocycles. The third-order valence-electron chi connectivity index (χ3n) is 1.97. The molecular formula is C8H11F3N2O. The van der Waals surface area contributed by atoms with Crippen LogP contribution in [0.25, 0.3) is 0 Å². The lowest BCUT2D eigenvalue weighted by Gasteiger charge is -2.26. The van der Waals surface area contributed by atoms with E-state index in [1.165, 1.54) is 6.07 Å². The van der Waals surface area contributed by atoms with Crippen LogP contribution in [0.5, 0.6) is 0 Å². The Morgan fingerprint density at radius 1 is 1.43 bits per heavy atom. The van der Waals surface area contributed by atoms with Crippen LogP contribution in [0.2, 0.25) is 0 Å². The molecular weight excluding hydrogens is 197 g/mol. The molecule has 14 heavy (non-hydrogen) atoms. The molecule has 0 aliphatic heterocycles. The summed E-state index contributed by atoms with van der Waals surface area (Å²) in [5, 5.41) is 3.41. The number of halogens is 3. The van der Waals surface area contributed by atoms with Gasteiger partial charge < -0.3 is 10.3 Å². The molecule has 0 aliphatic carbocycles. The molecule has 6 heteroatoms. The molecule has 0 saturated carbocycles. The van der Waals surface area contributed by atoms with Crippen molar-refractivity contribution in [3.8, 4) is 0 Å². The smallest absolute Gasteiger partial charge is 0.368 e. The van der Waals surface area contributed by atoms with E-state index in [9.17, 15) is 13.2 Å². The fourth-order valence-corrected chi connectivity index (χ4v) is 0.965. The van der Waals surface area contributed by atoms with Crippen molar-refractivity contribution in [1.82, 2.24) is 5.16 Å². The second kappa shape index (κ2) is 3.18. The molecule has 0 bridgehead atoms. The number of hydrogen-bond donors (Lipinski definition) is 1. The fourth-order valence-electron chi connectivity index (χ4n) is 0.965. The highest BCUT2D eigenvalue weighted by atomic mass is 19.4. The first kappa shape index (κ1) is 10.9. The summed E-state index contributed by atoms with van der Waals surface area (Å²) in [6, 6.07) is 1.30. The zero-order chi connectivity index (χ0) is 11.0. The van der Waals surface area contributed by atoms with Gasteiger partial charge in [0.2, 0.25) is 5.88 Å².